The molecule has 0 saturated heterocycles. The number of hydrogen-bond acceptors (Lipinski definition) is 8. The summed E-state index contributed by atoms with van der Waals surface area (Å²) in [6.07, 6.45) is -1.60. The minimum Gasteiger partial charge on any atom is -0.365 e. The highest BCUT2D eigenvalue weighted by Gasteiger charge is 2.35. The number of hydrogen-bond donors (Lipinski definition) is 3. The van der Waals surface area contributed by atoms with Crippen LogP contribution in [0.1, 0.15) is 16.7 Å². The molecule has 0 aliphatic heterocycles. The van der Waals surface area contributed by atoms with Crippen molar-refractivity contribution < 1.29 is 21.6 Å². The van der Waals surface area contributed by atoms with Crippen molar-refractivity contribution in [3.05, 3.63) is 65.5 Å². The molecule has 182 valence electrons. The van der Waals surface area contributed by atoms with E-state index in [0.717, 1.165) is 16.1 Å². The van der Waals surface area contributed by atoms with Gasteiger partial charge >= 0.3 is 6.18 Å². The minimum absolute atomic E-state index is 0.0310. The van der Waals surface area contributed by atoms with Crippen LogP contribution < -0.4 is 20.3 Å². The number of aromatic nitrogens is 3. The predicted molar refractivity (Wildman–Crippen MR) is 124 cm³/mol. The fraction of sp³-hybridized carbons (Fsp3) is 0.286. The first-order chi connectivity index (χ1) is 16.0. The molecule has 0 atom stereocenters. The Morgan fingerprint density at radius 2 is 1.76 bits per heavy atom. The van der Waals surface area contributed by atoms with Gasteiger partial charge in [0.2, 0.25) is 16.0 Å². The van der Waals surface area contributed by atoms with Crippen molar-refractivity contribution in [3.8, 4) is 0 Å². The molecule has 3 aromatic rings. The number of nitrogens with one attached hydrogen (secondary N) is 3. The van der Waals surface area contributed by atoms with Crippen LogP contribution in [0.2, 0.25) is 0 Å². The molecule has 0 spiro atoms. The summed E-state index contributed by atoms with van der Waals surface area (Å²) in [5.41, 5.74) is 0.964. The summed E-state index contributed by atoms with van der Waals surface area (Å²) in [6.45, 7) is 0.525. The Morgan fingerprint density at radius 1 is 1.06 bits per heavy atom. The van der Waals surface area contributed by atoms with Gasteiger partial charge < -0.3 is 16.0 Å². The van der Waals surface area contributed by atoms with E-state index in [1.54, 1.807) is 24.3 Å². The van der Waals surface area contributed by atoms with E-state index >= 15 is 0 Å². The topological polar surface area (TPSA) is 112 Å². The van der Waals surface area contributed by atoms with Gasteiger partial charge in [-0.2, -0.15) is 18.2 Å². The van der Waals surface area contributed by atoms with Gasteiger partial charge in [0, 0.05) is 43.8 Å². The Morgan fingerprint density at radius 3 is 2.38 bits per heavy atom. The molecule has 0 saturated carbocycles. The summed E-state index contributed by atoms with van der Waals surface area (Å²) in [6, 6.07) is 10.4. The second-order valence-electron chi connectivity index (χ2n) is 7.38. The molecular formula is C21H24F3N7O2S. The van der Waals surface area contributed by atoms with Gasteiger partial charge in [0.15, 0.2) is 0 Å². The third-order valence-corrected chi connectivity index (χ3v) is 5.96. The van der Waals surface area contributed by atoms with Crippen LogP contribution in [-0.4, -0.2) is 43.7 Å². The SMILES string of the molecule is CNCc1ccc(Nc2ncc(C(F)(F)F)c(NCc3cccnc3N(C)S(C)(=O)=O)n2)cc1. The third-order valence-electron chi connectivity index (χ3n) is 4.79. The van der Waals surface area contributed by atoms with Gasteiger partial charge in [-0.3, -0.25) is 4.31 Å². The van der Waals surface area contributed by atoms with E-state index in [-0.39, 0.29) is 18.3 Å². The smallest absolute Gasteiger partial charge is 0.365 e. The normalized spacial score (nSPS) is 11.8. The van der Waals surface area contributed by atoms with Crippen molar-refractivity contribution in [2.45, 2.75) is 19.3 Å². The van der Waals surface area contributed by atoms with Crippen LogP contribution in [0.4, 0.5) is 36.4 Å². The lowest BCUT2D eigenvalue weighted by Gasteiger charge is -2.20. The Kier molecular flexibility index (Phi) is 7.57. The number of halogens is 3. The molecule has 2 heterocycles. The molecule has 0 amide bonds. The molecular weight excluding hydrogens is 471 g/mol. The van der Waals surface area contributed by atoms with Crippen LogP contribution in [0.5, 0.6) is 0 Å². The first-order valence-electron chi connectivity index (χ1n) is 10.1. The number of sulfonamides is 1. The Balaban J connectivity index is 1.87. The van der Waals surface area contributed by atoms with Crippen molar-refractivity contribution in [3.63, 3.8) is 0 Å². The number of benzene rings is 1. The quantitative estimate of drug-likeness (QED) is 0.414. The van der Waals surface area contributed by atoms with Crippen LogP contribution in [0.25, 0.3) is 0 Å². The average molecular weight is 496 g/mol. The summed E-state index contributed by atoms with van der Waals surface area (Å²) >= 11 is 0. The van der Waals surface area contributed by atoms with Crippen molar-refractivity contribution >= 4 is 33.3 Å². The first-order valence-corrected chi connectivity index (χ1v) is 11.9. The van der Waals surface area contributed by atoms with Gasteiger partial charge in [0.05, 0.1) is 6.26 Å². The maximum Gasteiger partial charge on any atom is 0.421 e. The van der Waals surface area contributed by atoms with Gasteiger partial charge in [0.25, 0.3) is 0 Å². The molecule has 0 aliphatic carbocycles. The highest BCUT2D eigenvalue weighted by molar-refractivity contribution is 7.92. The highest BCUT2D eigenvalue weighted by Crippen LogP contribution is 2.34. The van der Waals surface area contributed by atoms with E-state index in [0.29, 0.717) is 24.0 Å². The standard InChI is InChI=1S/C21H24F3N7O2S/c1-25-11-14-6-8-16(9-7-14)29-20-28-13-17(21(22,23)24)18(30-20)27-12-15-5-4-10-26-19(15)31(2)34(3,32)33/h4-10,13,25H,11-12H2,1-3H3,(H2,27,28,29,30). The van der Waals surface area contributed by atoms with Crippen molar-refractivity contribution in [1.82, 2.24) is 20.3 Å². The third kappa shape index (κ3) is 6.32. The van der Waals surface area contributed by atoms with E-state index in [1.807, 2.05) is 19.2 Å². The monoisotopic (exact) mass is 495 g/mol. The zero-order valence-corrected chi connectivity index (χ0v) is 19.5. The van der Waals surface area contributed by atoms with E-state index in [2.05, 4.69) is 30.9 Å². The molecule has 0 bridgehead atoms. The predicted octanol–water partition coefficient (Wildman–Crippen LogP) is 3.36. The molecule has 3 N–H and O–H groups in total. The fourth-order valence-electron chi connectivity index (χ4n) is 3.01. The molecule has 3 rings (SSSR count). The molecule has 34 heavy (non-hydrogen) atoms. The number of alkyl halides is 3. The summed E-state index contributed by atoms with van der Waals surface area (Å²) in [5, 5.41) is 8.57. The number of anilines is 4. The molecule has 0 fully saturated rings. The van der Waals surface area contributed by atoms with Crippen LogP contribution in [0.15, 0.2) is 48.8 Å². The summed E-state index contributed by atoms with van der Waals surface area (Å²) < 4.78 is 65.5. The number of nitrogens with zero attached hydrogens (tertiary/aromatic N) is 4. The maximum absolute atomic E-state index is 13.6. The van der Waals surface area contributed by atoms with Crippen LogP contribution in [0.3, 0.4) is 0 Å². The molecule has 0 aliphatic rings. The lowest BCUT2D eigenvalue weighted by molar-refractivity contribution is -0.137. The molecule has 2 aromatic heterocycles. The Hall–Kier alpha value is -3.45. The highest BCUT2D eigenvalue weighted by atomic mass is 32.2. The zero-order valence-electron chi connectivity index (χ0n) is 18.7. The average Bonchev–Trinajstić information content (AvgIpc) is 2.77. The molecule has 9 nitrogen and oxygen atoms in total. The maximum atomic E-state index is 13.6. The number of pyridine rings is 1. The molecule has 1 aromatic carbocycles. The van der Waals surface area contributed by atoms with Crippen molar-refractivity contribution in [2.75, 3.05) is 35.3 Å². The van der Waals surface area contributed by atoms with E-state index in [4.69, 9.17) is 0 Å². The second kappa shape index (κ2) is 10.2. The lowest BCUT2D eigenvalue weighted by Crippen LogP contribution is -2.27. The summed E-state index contributed by atoms with van der Waals surface area (Å²) in [5.74, 6) is -0.384. The number of rotatable bonds is 9. The zero-order chi connectivity index (χ0) is 24.9. The van der Waals surface area contributed by atoms with Gasteiger partial charge in [-0.05, 0) is 30.8 Å². The Bertz CT molecular complexity index is 1240. The first kappa shape index (κ1) is 25.2. The largest absolute Gasteiger partial charge is 0.421 e. The van der Waals surface area contributed by atoms with E-state index < -0.39 is 27.6 Å². The van der Waals surface area contributed by atoms with Gasteiger partial charge in [0.1, 0.15) is 17.2 Å². The van der Waals surface area contributed by atoms with E-state index in [1.165, 1.54) is 13.2 Å². The minimum atomic E-state index is -4.70. The van der Waals surface area contributed by atoms with Gasteiger partial charge in [-0.1, -0.05) is 18.2 Å². The second-order valence-corrected chi connectivity index (χ2v) is 9.39. The molecule has 13 heteroatoms. The lowest BCUT2D eigenvalue weighted by atomic mass is 10.2. The van der Waals surface area contributed by atoms with Crippen LogP contribution in [-0.2, 0) is 29.3 Å². The summed E-state index contributed by atoms with van der Waals surface area (Å²) in [4.78, 5) is 11.9. The van der Waals surface area contributed by atoms with Gasteiger partial charge in [-0.15, -0.1) is 0 Å². The van der Waals surface area contributed by atoms with Crippen molar-refractivity contribution in [1.29, 1.82) is 0 Å². The van der Waals surface area contributed by atoms with Crippen LogP contribution in [0, 0.1) is 0 Å². The summed E-state index contributed by atoms with van der Waals surface area (Å²) in [7, 11) is -0.477. The fourth-order valence-corrected chi connectivity index (χ4v) is 3.49. The van der Waals surface area contributed by atoms with Crippen molar-refractivity contribution in [2.24, 2.45) is 0 Å². The Labute approximate surface area is 195 Å². The van der Waals surface area contributed by atoms with Crippen LogP contribution >= 0.6 is 0 Å². The molecule has 0 radical (unpaired) electrons. The molecule has 0 unspecified atom stereocenters. The van der Waals surface area contributed by atoms with E-state index in [9.17, 15) is 21.6 Å². The van der Waals surface area contributed by atoms with Gasteiger partial charge in [-0.25, -0.2) is 18.4 Å².